The molecule has 2 atom stereocenters. The van der Waals surface area contributed by atoms with Crippen LogP contribution in [0.3, 0.4) is 0 Å². The van der Waals surface area contributed by atoms with Crippen molar-refractivity contribution >= 4 is 11.3 Å². The highest BCUT2D eigenvalue weighted by Gasteiger charge is 2.27. The molecule has 1 saturated carbocycles. The predicted octanol–water partition coefficient (Wildman–Crippen LogP) is 2.02. The predicted molar refractivity (Wildman–Crippen MR) is 68.5 cm³/mol. The van der Waals surface area contributed by atoms with E-state index in [-0.39, 0.29) is 6.04 Å². The van der Waals surface area contributed by atoms with Crippen molar-refractivity contribution in [2.24, 2.45) is 5.73 Å². The first-order chi connectivity index (χ1) is 8.70. The molecule has 0 radical (unpaired) electrons. The van der Waals surface area contributed by atoms with Gasteiger partial charge in [-0.1, -0.05) is 5.16 Å². The fourth-order valence-electron chi connectivity index (χ4n) is 2.40. The van der Waals surface area contributed by atoms with Crippen LogP contribution in [0.5, 0.6) is 0 Å². The van der Waals surface area contributed by atoms with Gasteiger partial charge in [-0.2, -0.15) is 4.98 Å². The van der Waals surface area contributed by atoms with Crippen LogP contribution in [-0.2, 0) is 6.42 Å². The molecule has 0 aliphatic heterocycles. The molecule has 6 heteroatoms. The molecule has 2 N–H and O–H groups in total. The number of hydrogen-bond acceptors (Lipinski definition) is 6. The van der Waals surface area contributed by atoms with Gasteiger partial charge >= 0.3 is 0 Å². The second-order valence-electron chi connectivity index (χ2n) is 4.85. The van der Waals surface area contributed by atoms with Crippen molar-refractivity contribution in [3.8, 4) is 0 Å². The first kappa shape index (κ1) is 11.8. The van der Waals surface area contributed by atoms with Gasteiger partial charge in [-0.25, -0.2) is 4.98 Å². The molecule has 2 aromatic heterocycles. The third-order valence-corrected chi connectivity index (χ3v) is 4.13. The van der Waals surface area contributed by atoms with E-state index in [9.17, 15) is 0 Å². The molecule has 0 spiro atoms. The standard InChI is InChI=1S/C12H16N4OS/c1-7-14-10(6-18-7)5-11-15-12(17-16-11)8-2-3-9(13)4-8/h6,8-9H,2-5,13H2,1H3. The highest BCUT2D eigenvalue weighted by molar-refractivity contribution is 7.09. The Morgan fingerprint density at radius 2 is 2.33 bits per heavy atom. The van der Waals surface area contributed by atoms with Crippen molar-refractivity contribution < 1.29 is 4.52 Å². The quantitative estimate of drug-likeness (QED) is 0.917. The Morgan fingerprint density at radius 3 is 3.00 bits per heavy atom. The molecular weight excluding hydrogens is 248 g/mol. The van der Waals surface area contributed by atoms with E-state index in [0.29, 0.717) is 12.3 Å². The highest BCUT2D eigenvalue weighted by atomic mass is 32.1. The Morgan fingerprint density at radius 1 is 1.44 bits per heavy atom. The second kappa shape index (κ2) is 4.78. The molecule has 0 bridgehead atoms. The number of hydrogen-bond donors (Lipinski definition) is 1. The lowest BCUT2D eigenvalue weighted by molar-refractivity contribution is 0.349. The fourth-order valence-corrected chi connectivity index (χ4v) is 3.01. The Hall–Kier alpha value is -1.27. The molecule has 0 aromatic carbocycles. The lowest BCUT2D eigenvalue weighted by atomic mass is 10.1. The van der Waals surface area contributed by atoms with Gasteiger partial charge in [-0.05, 0) is 26.2 Å². The van der Waals surface area contributed by atoms with Crippen LogP contribution in [0.1, 0.15) is 47.6 Å². The van der Waals surface area contributed by atoms with Gasteiger partial charge < -0.3 is 10.3 Å². The van der Waals surface area contributed by atoms with Crippen LogP contribution in [0.25, 0.3) is 0 Å². The van der Waals surface area contributed by atoms with E-state index >= 15 is 0 Å². The number of rotatable bonds is 3. The third kappa shape index (κ3) is 2.44. The summed E-state index contributed by atoms with van der Waals surface area (Å²) in [6.07, 6.45) is 3.70. The molecule has 1 fully saturated rings. The fraction of sp³-hybridized carbons (Fsp3) is 0.583. The maximum absolute atomic E-state index is 5.90. The van der Waals surface area contributed by atoms with Gasteiger partial charge in [0.05, 0.1) is 17.1 Å². The van der Waals surface area contributed by atoms with Crippen LogP contribution in [0.2, 0.25) is 0 Å². The Bertz CT molecular complexity index is 536. The molecule has 18 heavy (non-hydrogen) atoms. The normalized spacial score (nSPS) is 23.7. The van der Waals surface area contributed by atoms with Gasteiger partial charge in [0.1, 0.15) is 0 Å². The average Bonchev–Trinajstić information content (AvgIpc) is 3.01. The van der Waals surface area contributed by atoms with Crippen molar-refractivity contribution in [1.29, 1.82) is 0 Å². The van der Waals surface area contributed by atoms with E-state index in [2.05, 4.69) is 15.1 Å². The SMILES string of the molecule is Cc1nc(Cc2noc(C3CCC(N)C3)n2)cs1. The van der Waals surface area contributed by atoms with Gasteiger partial charge in [-0.3, -0.25) is 0 Å². The van der Waals surface area contributed by atoms with Crippen molar-refractivity contribution in [3.63, 3.8) is 0 Å². The molecular formula is C12H16N4OS. The molecule has 5 nitrogen and oxygen atoms in total. The lowest BCUT2D eigenvalue weighted by Crippen LogP contribution is -2.14. The molecule has 96 valence electrons. The minimum Gasteiger partial charge on any atom is -0.339 e. The van der Waals surface area contributed by atoms with E-state index < -0.39 is 0 Å². The first-order valence-corrected chi connectivity index (χ1v) is 7.07. The smallest absolute Gasteiger partial charge is 0.229 e. The number of aryl methyl sites for hydroxylation is 1. The second-order valence-corrected chi connectivity index (χ2v) is 5.92. The molecule has 2 heterocycles. The zero-order valence-electron chi connectivity index (χ0n) is 10.3. The topological polar surface area (TPSA) is 77.8 Å². The molecule has 3 rings (SSSR count). The number of nitrogens with zero attached hydrogens (tertiary/aromatic N) is 3. The zero-order chi connectivity index (χ0) is 12.5. The van der Waals surface area contributed by atoms with E-state index in [1.165, 1.54) is 0 Å². The van der Waals surface area contributed by atoms with Gasteiger partial charge in [0.2, 0.25) is 5.89 Å². The Kier molecular flexibility index (Phi) is 3.13. The summed E-state index contributed by atoms with van der Waals surface area (Å²) in [7, 11) is 0. The van der Waals surface area contributed by atoms with E-state index in [4.69, 9.17) is 10.3 Å². The highest BCUT2D eigenvalue weighted by Crippen LogP contribution is 2.32. The van der Waals surface area contributed by atoms with Gasteiger partial charge in [0.25, 0.3) is 0 Å². The summed E-state index contributed by atoms with van der Waals surface area (Å²) in [4.78, 5) is 8.86. The van der Waals surface area contributed by atoms with Gasteiger partial charge in [0, 0.05) is 17.3 Å². The van der Waals surface area contributed by atoms with Gasteiger partial charge in [0.15, 0.2) is 5.82 Å². The van der Waals surface area contributed by atoms with Crippen LogP contribution < -0.4 is 5.73 Å². The van der Waals surface area contributed by atoms with Crippen LogP contribution in [0.15, 0.2) is 9.90 Å². The van der Waals surface area contributed by atoms with Crippen LogP contribution in [0.4, 0.5) is 0 Å². The van der Waals surface area contributed by atoms with Crippen molar-refractivity contribution in [2.75, 3.05) is 0 Å². The first-order valence-electron chi connectivity index (χ1n) is 6.20. The summed E-state index contributed by atoms with van der Waals surface area (Å²) in [5, 5.41) is 7.13. The summed E-state index contributed by atoms with van der Waals surface area (Å²) in [6, 6.07) is 0.284. The summed E-state index contributed by atoms with van der Waals surface area (Å²) < 4.78 is 5.33. The minimum atomic E-state index is 0.284. The monoisotopic (exact) mass is 264 g/mol. The summed E-state index contributed by atoms with van der Waals surface area (Å²) in [5.41, 5.74) is 6.90. The zero-order valence-corrected chi connectivity index (χ0v) is 11.1. The van der Waals surface area contributed by atoms with Crippen LogP contribution >= 0.6 is 11.3 Å². The molecule has 2 unspecified atom stereocenters. The van der Waals surface area contributed by atoms with E-state index in [1.807, 2.05) is 12.3 Å². The lowest BCUT2D eigenvalue weighted by Gasteiger charge is -2.01. The largest absolute Gasteiger partial charge is 0.339 e. The van der Waals surface area contributed by atoms with Crippen molar-refractivity contribution in [2.45, 2.75) is 44.6 Å². The van der Waals surface area contributed by atoms with E-state index in [1.54, 1.807) is 11.3 Å². The maximum Gasteiger partial charge on any atom is 0.229 e. The molecule has 0 saturated heterocycles. The third-order valence-electron chi connectivity index (χ3n) is 3.31. The van der Waals surface area contributed by atoms with E-state index in [0.717, 1.165) is 41.7 Å². The summed E-state index contributed by atoms with van der Waals surface area (Å²) in [5.74, 6) is 1.80. The number of thiazole rings is 1. The van der Waals surface area contributed by atoms with Gasteiger partial charge in [-0.15, -0.1) is 11.3 Å². The Labute approximate surface area is 109 Å². The average molecular weight is 264 g/mol. The number of aromatic nitrogens is 3. The Balaban J connectivity index is 1.70. The molecule has 1 aliphatic rings. The van der Waals surface area contributed by atoms with Crippen molar-refractivity contribution in [1.82, 2.24) is 15.1 Å². The molecule has 0 amide bonds. The van der Waals surface area contributed by atoms with Crippen molar-refractivity contribution in [3.05, 3.63) is 27.8 Å². The summed E-state index contributed by atoms with van der Waals surface area (Å²) >= 11 is 1.64. The molecule has 2 aromatic rings. The van der Waals surface area contributed by atoms with Crippen LogP contribution in [-0.4, -0.2) is 21.2 Å². The number of nitrogens with two attached hydrogens (primary N) is 1. The van der Waals surface area contributed by atoms with Crippen LogP contribution in [0, 0.1) is 6.92 Å². The summed E-state index contributed by atoms with van der Waals surface area (Å²) in [6.45, 7) is 2.00. The minimum absolute atomic E-state index is 0.284. The molecule has 1 aliphatic carbocycles. The maximum atomic E-state index is 5.90.